The summed E-state index contributed by atoms with van der Waals surface area (Å²) in [5, 5.41) is 8.35. The number of hydrogen-bond donors (Lipinski definition) is 2. The molecule has 1 heterocycles. The van der Waals surface area contributed by atoms with E-state index in [2.05, 4.69) is 43.7 Å². The van der Waals surface area contributed by atoms with Gasteiger partial charge in [0.1, 0.15) is 0 Å². The van der Waals surface area contributed by atoms with Gasteiger partial charge in [-0.25, -0.2) is 4.98 Å². The number of anilines is 1. The highest BCUT2D eigenvalue weighted by atomic mass is 79.9. The highest BCUT2D eigenvalue weighted by Gasteiger charge is 2.34. The van der Waals surface area contributed by atoms with Gasteiger partial charge < -0.3 is 10.6 Å². The molecule has 144 valence electrons. The van der Waals surface area contributed by atoms with Crippen LogP contribution in [0.3, 0.4) is 0 Å². The van der Waals surface area contributed by atoms with Gasteiger partial charge >= 0.3 is 0 Å². The standard InChI is InChI=1S/C20H22BrCl2N3S/c1-13-16(21)11-17(23)18(25-13)26-19(27)24-12-20(8-3-2-4-9-20)14-6-5-7-15(22)10-14/h5-7,10-11H,2-4,8-9,12H2,1H3,(H2,24,25,26,27). The van der Waals surface area contributed by atoms with Crippen LogP contribution in [-0.4, -0.2) is 16.6 Å². The fraction of sp³-hybridized carbons (Fsp3) is 0.400. The van der Waals surface area contributed by atoms with Gasteiger partial charge in [0, 0.05) is 21.5 Å². The van der Waals surface area contributed by atoms with E-state index in [9.17, 15) is 0 Å². The lowest BCUT2D eigenvalue weighted by molar-refractivity contribution is 0.292. The molecule has 0 atom stereocenters. The van der Waals surface area contributed by atoms with Gasteiger partial charge in [0.25, 0.3) is 0 Å². The average molecular weight is 487 g/mol. The number of aromatic nitrogens is 1. The van der Waals surface area contributed by atoms with Crippen LogP contribution in [0.4, 0.5) is 5.82 Å². The molecule has 2 N–H and O–H groups in total. The first-order chi connectivity index (χ1) is 12.9. The van der Waals surface area contributed by atoms with Gasteiger partial charge in [-0.3, -0.25) is 0 Å². The second kappa shape index (κ2) is 9.08. The zero-order valence-electron chi connectivity index (χ0n) is 15.1. The van der Waals surface area contributed by atoms with Crippen LogP contribution >= 0.6 is 51.3 Å². The lowest BCUT2D eigenvalue weighted by atomic mass is 9.69. The lowest BCUT2D eigenvalue weighted by Crippen LogP contribution is -2.43. The van der Waals surface area contributed by atoms with Crippen molar-refractivity contribution in [3.8, 4) is 0 Å². The van der Waals surface area contributed by atoms with Crippen LogP contribution in [0.1, 0.15) is 43.4 Å². The molecule has 3 rings (SSSR count). The van der Waals surface area contributed by atoms with Crippen molar-refractivity contribution < 1.29 is 0 Å². The Morgan fingerprint density at radius 2 is 1.96 bits per heavy atom. The molecule has 1 aliphatic carbocycles. The van der Waals surface area contributed by atoms with Crippen LogP contribution in [0, 0.1) is 6.92 Å². The van der Waals surface area contributed by atoms with E-state index in [1.54, 1.807) is 0 Å². The molecule has 0 unspecified atom stereocenters. The third-order valence-corrected chi connectivity index (χ3v) is 6.74. The Kier molecular flexibility index (Phi) is 7.01. The summed E-state index contributed by atoms with van der Waals surface area (Å²) < 4.78 is 0.874. The number of rotatable bonds is 4. The molecular formula is C20H22BrCl2N3S. The topological polar surface area (TPSA) is 37.0 Å². The minimum absolute atomic E-state index is 0.0434. The summed E-state index contributed by atoms with van der Waals surface area (Å²) in [6.07, 6.45) is 5.96. The number of halogens is 3. The molecule has 0 aliphatic heterocycles. The first-order valence-corrected chi connectivity index (χ1v) is 11.0. The van der Waals surface area contributed by atoms with Crippen molar-refractivity contribution in [3.05, 3.63) is 56.1 Å². The SMILES string of the molecule is Cc1nc(NC(=S)NCC2(c3cccc(Cl)c3)CCCCC2)c(Cl)cc1Br. The van der Waals surface area contributed by atoms with Crippen LogP contribution in [-0.2, 0) is 5.41 Å². The van der Waals surface area contributed by atoms with Gasteiger partial charge in [-0.2, -0.15) is 0 Å². The summed E-state index contributed by atoms with van der Waals surface area (Å²) in [7, 11) is 0. The Hall–Kier alpha value is -0.880. The molecule has 1 aromatic heterocycles. The predicted octanol–water partition coefficient (Wildman–Crippen LogP) is 6.65. The Morgan fingerprint density at radius 1 is 1.22 bits per heavy atom. The number of benzene rings is 1. The Balaban J connectivity index is 1.72. The normalized spacial score (nSPS) is 16.0. The molecule has 1 saturated carbocycles. The van der Waals surface area contributed by atoms with E-state index >= 15 is 0 Å². The van der Waals surface area contributed by atoms with Crippen molar-refractivity contribution in [3.63, 3.8) is 0 Å². The van der Waals surface area contributed by atoms with Crippen molar-refractivity contribution >= 4 is 62.3 Å². The third-order valence-electron chi connectivity index (χ3n) is 5.17. The van der Waals surface area contributed by atoms with Crippen molar-refractivity contribution in [1.82, 2.24) is 10.3 Å². The molecule has 0 saturated heterocycles. The van der Waals surface area contributed by atoms with Gasteiger partial charge in [0.05, 0.1) is 10.7 Å². The average Bonchev–Trinajstić information content (AvgIpc) is 2.65. The smallest absolute Gasteiger partial charge is 0.172 e. The molecule has 1 aliphatic rings. The van der Waals surface area contributed by atoms with Gasteiger partial charge in [-0.05, 0) is 71.7 Å². The summed E-state index contributed by atoms with van der Waals surface area (Å²) in [5.41, 5.74) is 2.18. The second-order valence-corrected chi connectivity index (χ2v) is 9.15. The number of nitrogens with zero attached hydrogens (tertiary/aromatic N) is 1. The van der Waals surface area contributed by atoms with E-state index in [1.165, 1.54) is 24.8 Å². The summed E-state index contributed by atoms with van der Waals surface area (Å²) in [5.74, 6) is 0.565. The molecule has 1 fully saturated rings. The number of aryl methyl sites for hydroxylation is 1. The van der Waals surface area contributed by atoms with E-state index in [4.69, 9.17) is 35.4 Å². The maximum absolute atomic E-state index is 6.28. The summed E-state index contributed by atoms with van der Waals surface area (Å²) >= 11 is 21.5. The first-order valence-electron chi connectivity index (χ1n) is 9.03. The first kappa shape index (κ1) is 20.8. The van der Waals surface area contributed by atoms with Crippen LogP contribution < -0.4 is 10.6 Å². The molecule has 0 bridgehead atoms. The van der Waals surface area contributed by atoms with Gasteiger partial charge in [-0.1, -0.05) is 54.6 Å². The minimum Gasteiger partial charge on any atom is -0.362 e. The summed E-state index contributed by atoms with van der Waals surface area (Å²) in [6, 6.07) is 10.0. The molecule has 27 heavy (non-hydrogen) atoms. The predicted molar refractivity (Wildman–Crippen MR) is 122 cm³/mol. The van der Waals surface area contributed by atoms with Crippen LogP contribution in [0.15, 0.2) is 34.8 Å². The van der Waals surface area contributed by atoms with E-state index < -0.39 is 0 Å². The molecule has 0 radical (unpaired) electrons. The van der Waals surface area contributed by atoms with Crippen molar-refractivity contribution in [2.45, 2.75) is 44.4 Å². The molecule has 1 aromatic carbocycles. The van der Waals surface area contributed by atoms with E-state index in [0.717, 1.165) is 34.6 Å². The zero-order chi connectivity index (χ0) is 19.4. The maximum Gasteiger partial charge on any atom is 0.172 e. The zero-order valence-corrected chi connectivity index (χ0v) is 19.0. The molecule has 0 spiro atoms. The van der Waals surface area contributed by atoms with E-state index in [-0.39, 0.29) is 5.41 Å². The highest BCUT2D eigenvalue weighted by molar-refractivity contribution is 9.10. The minimum atomic E-state index is 0.0434. The van der Waals surface area contributed by atoms with Crippen molar-refractivity contribution in [2.75, 3.05) is 11.9 Å². The number of hydrogen-bond acceptors (Lipinski definition) is 2. The van der Waals surface area contributed by atoms with E-state index in [0.29, 0.717) is 16.0 Å². The molecule has 0 amide bonds. The third kappa shape index (κ3) is 5.14. The van der Waals surface area contributed by atoms with Gasteiger partial charge in [0.2, 0.25) is 0 Å². The van der Waals surface area contributed by atoms with Crippen LogP contribution in [0.5, 0.6) is 0 Å². The summed E-state index contributed by atoms with van der Waals surface area (Å²) in [4.78, 5) is 4.46. The molecule has 3 nitrogen and oxygen atoms in total. The molecule has 7 heteroatoms. The quantitative estimate of drug-likeness (QED) is 0.474. The van der Waals surface area contributed by atoms with E-state index in [1.807, 2.05) is 25.1 Å². The number of nitrogens with one attached hydrogen (secondary N) is 2. The van der Waals surface area contributed by atoms with Crippen molar-refractivity contribution in [1.29, 1.82) is 0 Å². The Morgan fingerprint density at radius 3 is 2.67 bits per heavy atom. The summed E-state index contributed by atoms with van der Waals surface area (Å²) in [6.45, 7) is 2.67. The highest BCUT2D eigenvalue weighted by Crippen LogP contribution is 2.39. The van der Waals surface area contributed by atoms with Crippen LogP contribution in [0.25, 0.3) is 0 Å². The molecular weight excluding hydrogens is 465 g/mol. The molecule has 2 aromatic rings. The Bertz CT molecular complexity index is 838. The second-order valence-electron chi connectivity index (χ2n) is 7.05. The van der Waals surface area contributed by atoms with Gasteiger partial charge in [-0.15, -0.1) is 0 Å². The van der Waals surface area contributed by atoms with Crippen LogP contribution in [0.2, 0.25) is 10.0 Å². The van der Waals surface area contributed by atoms with Crippen molar-refractivity contribution in [2.24, 2.45) is 0 Å². The maximum atomic E-state index is 6.28. The fourth-order valence-corrected chi connectivity index (χ4v) is 4.67. The lowest BCUT2D eigenvalue weighted by Gasteiger charge is -2.38. The largest absolute Gasteiger partial charge is 0.362 e. The number of thiocarbonyl (C=S) groups is 1. The Labute approximate surface area is 184 Å². The van der Waals surface area contributed by atoms with Gasteiger partial charge in [0.15, 0.2) is 10.9 Å². The monoisotopic (exact) mass is 485 g/mol. The number of pyridine rings is 1. The fourth-order valence-electron chi connectivity index (χ4n) is 3.66.